The molecule has 16 heavy (non-hydrogen) atoms. The summed E-state index contributed by atoms with van der Waals surface area (Å²) in [5.74, 6) is 0.188. The van der Waals surface area contributed by atoms with E-state index in [1.165, 1.54) is 0 Å². The predicted octanol–water partition coefficient (Wildman–Crippen LogP) is 1.66. The molecule has 0 fully saturated rings. The van der Waals surface area contributed by atoms with Gasteiger partial charge >= 0.3 is 0 Å². The number of nitrogens with one attached hydrogen (secondary N) is 1. The number of hydrogen-bond acceptors (Lipinski definition) is 4. The van der Waals surface area contributed by atoms with Gasteiger partial charge in [-0.3, -0.25) is 0 Å². The van der Waals surface area contributed by atoms with Crippen molar-refractivity contribution in [3.05, 3.63) is 29.0 Å². The molecule has 0 bridgehead atoms. The number of nitriles is 1. The minimum atomic E-state index is 0.188. The summed E-state index contributed by atoms with van der Waals surface area (Å²) in [6.07, 6.45) is 5.94. The van der Waals surface area contributed by atoms with E-state index in [0.29, 0.717) is 5.15 Å². The van der Waals surface area contributed by atoms with Gasteiger partial charge in [-0.2, -0.15) is 10.3 Å². The van der Waals surface area contributed by atoms with E-state index in [4.69, 9.17) is 16.9 Å². The fraction of sp³-hybridized carbons (Fsp3) is 0.364. The third-order valence-corrected chi connectivity index (χ3v) is 2.32. The smallest absolute Gasteiger partial charge is 0.205 e. The van der Waals surface area contributed by atoms with Crippen LogP contribution >= 0.6 is 11.6 Å². The second kappa shape index (κ2) is 6.94. The maximum Gasteiger partial charge on any atom is 0.205 e. The molecule has 1 heterocycles. The summed E-state index contributed by atoms with van der Waals surface area (Å²) in [7, 11) is 1.87. The second-order valence-corrected chi connectivity index (χ2v) is 3.78. The van der Waals surface area contributed by atoms with Crippen molar-refractivity contribution >= 4 is 17.8 Å². The molecule has 4 nitrogen and oxygen atoms in total. The number of halogens is 1. The first kappa shape index (κ1) is 12.6. The van der Waals surface area contributed by atoms with Crippen molar-refractivity contribution in [1.82, 2.24) is 10.3 Å². The highest BCUT2D eigenvalue weighted by Gasteiger charge is 2.06. The topological polar surface area (TPSA) is 61.1 Å². The molecule has 84 valence electrons. The van der Waals surface area contributed by atoms with Gasteiger partial charge in [0, 0.05) is 24.9 Å². The lowest BCUT2D eigenvalue weighted by Crippen LogP contribution is -2.21. The molecular weight excluding hydrogens is 224 g/mol. The first-order valence-electron chi connectivity index (χ1n) is 4.93. The van der Waals surface area contributed by atoms with Crippen molar-refractivity contribution in [2.45, 2.75) is 6.42 Å². The molecular formula is C11H13ClN4. The molecule has 1 aromatic heterocycles. The largest absolute Gasteiger partial charge is 0.319 e. The van der Waals surface area contributed by atoms with Crippen LogP contribution in [0.2, 0.25) is 5.15 Å². The number of pyridine rings is 1. The minimum Gasteiger partial charge on any atom is -0.319 e. The molecule has 1 rings (SSSR count). The van der Waals surface area contributed by atoms with Crippen LogP contribution in [0.1, 0.15) is 5.56 Å². The molecule has 1 aromatic rings. The minimum absolute atomic E-state index is 0.188. The average Bonchev–Trinajstić information content (AvgIpc) is 2.29. The first-order valence-corrected chi connectivity index (χ1v) is 5.31. The van der Waals surface area contributed by atoms with Crippen molar-refractivity contribution < 1.29 is 0 Å². The maximum absolute atomic E-state index is 8.39. The van der Waals surface area contributed by atoms with Crippen LogP contribution in [0.25, 0.3) is 0 Å². The zero-order valence-electron chi connectivity index (χ0n) is 9.02. The molecule has 0 radical (unpaired) electrons. The molecule has 1 N–H and O–H groups in total. The second-order valence-electron chi connectivity index (χ2n) is 3.39. The number of rotatable bonds is 5. The van der Waals surface area contributed by atoms with Gasteiger partial charge < -0.3 is 5.32 Å². The van der Waals surface area contributed by atoms with Crippen LogP contribution in [0, 0.1) is 17.4 Å². The van der Waals surface area contributed by atoms with E-state index in [9.17, 15) is 0 Å². The van der Waals surface area contributed by atoms with Gasteiger partial charge in [0.1, 0.15) is 5.15 Å². The van der Waals surface area contributed by atoms with Gasteiger partial charge in [0.15, 0.2) is 0 Å². The van der Waals surface area contributed by atoms with E-state index in [1.54, 1.807) is 24.7 Å². The van der Waals surface area contributed by atoms with E-state index >= 15 is 0 Å². The lowest BCUT2D eigenvalue weighted by molar-refractivity contribution is 0.635. The Kier molecular flexibility index (Phi) is 5.48. The van der Waals surface area contributed by atoms with Gasteiger partial charge in [0.25, 0.3) is 0 Å². The molecule has 0 aliphatic carbocycles. The summed E-state index contributed by atoms with van der Waals surface area (Å²) >= 11 is 5.70. The Labute approximate surface area is 100.0 Å². The average molecular weight is 237 g/mol. The molecule has 0 aromatic carbocycles. The van der Waals surface area contributed by atoms with Crippen LogP contribution in [0.4, 0.5) is 0 Å². The summed E-state index contributed by atoms with van der Waals surface area (Å²) in [5, 5.41) is 11.9. The maximum atomic E-state index is 8.39. The van der Waals surface area contributed by atoms with Crippen LogP contribution in [0.15, 0.2) is 23.3 Å². The van der Waals surface area contributed by atoms with Crippen LogP contribution in [-0.2, 0) is 6.42 Å². The summed E-state index contributed by atoms with van der Waals surface area (Å²) < 4.78 is 0. The van der Waals surface area contributed by atoms with Crippen molar-refractivity contribution in [3.63, 3.8) is 0 Å². The predicted molar refractivity (Wildman–Crippen MR) is 64.5 cm³/mol. The molecule has 0 aliphatic rings. The van der Waals surface area contributed by atoms with Crippen molar-refractivity contribution in [2.75, 3.05) is 13.6 Å². The van der Waals surface area contributed by atoms with Crippen molar-refractivity contribution in [1.29, 1.82) is 5.26 Å². The lowest BCUT2D eigenvalue weighted by atomic mass is 10.0. The number of aliphatic imine (C=N–C) groups is 1. The highest BCUT2D eigenvalue weighted by molar-refractivity contribution is 6.29. The fourth-order valence-corrected chi connectivity index (χ4v) is 1.52. The Morgan fingerprint density at radius 1 is 1.69 bits per heavy atom. The standard InChI is InChI=1S/C11H13ClN4/c1-14-5-10(6-15-8-13)4-9-2-3-11(12)16-7-9/h2-3,6-7,10,14H,4-5H2,1H3. The SMILES string of the molecule is CNCC(C=NC#N)Cc1ccc(Cl)nc1. The van der Waals surface area contributed by atoms with Crippen LogP contribution in [0.5, 0.6) is 0 Å². The van der Waals surface area contributed by atoms with E-state index in [2.05, 4.69) is 15.3 Å². The quantitative estimate of drug-likeness (QED) is 0.481. The Balaban J connectivity index is 2.64. The molecule has 0 saturated carbocycles. The van der Waals surface area contributed by atoms with Crippen molar-refractivity contribution in [3.8, 4) is 6.19 Å². The number of nitrogens with zero attached hydrogens (tertiary/aromatic N) is 3. The summed E-state index contributed by atoms with van der Waals surface area (Å²) in [6.45, 7) is 0.772. The third kappa shape index (κ3) is 4.39. The van der Waals surface area contributed by atoms with E-state index in [1.807, 2.05) is 13.1 Å². The van der Waals surface area contributed by atoms with Crippen LogP contribution in [0.3, 0.4) is 0 Å². The Morgan fingerprint density at radius 3 is 3.06 bits per heavy atom. The van der Waals surface area contributed by atoms with Gasteiger partial charge in [-0.1, -0.05) is 17.7 Å². The van der Waals surface area contributed by atoms with Crippen molar-refractivity contribution in [2.24, 2.45) is 10.9 Å². The zero-order chi connectivity index (χ0) is 11.8. The zero-order valence-corrected chi connectivity index (χ0v) is 9.78. The normalized spacial score (nSPS) is 12.6. The van der Waals surface area contributed by atoms with Crippen LogP contribution < -0.4 is 5.32 Å². The Hall–Kier alpha value is -1.44. The molecule has 1 unspecified atom stereocenters. The van der Waals surface area contributed by atoms with Gasteiger partial charge in [0.2, 0.25) is 6.19 Å². The monoisotopic (exact) mass is 236 g/mol. The first-order chi connectivity index (χ1) is 7.76. The molecule has 0 amide bonds. The number of aromatic nitrogens is 1. The van der Waals surface area contributed by atoms with Gasteiger partial charge in [-0.15, -0.1) is 0 Å². The van der Waals surface area contributed by atoms with E-state index in [-0.39, 0.29) is 5.92 Å². The fourth-order valence-electron chi connectivity index (χ4n) is 1.41. The van der Waals surface area contributed by atoms with Crippen LogP contribution in [-0.4, -0.2) is 24.8 Å². The molecule has 0 aliphatic heterocycles. The summed E-state index contributed by atoms with van der Waals surface area (Å²) in [4.78, 5) is 7.61. The third-order valence-electron chi connectivity index (χ3n) is 2.10. The molecule has 0 saturated heterocycles. The summed E-state index contributed by atoms with van der Waals surface area (Å²) in [5.41, 5.74) is 1.08. The molecule has 5 heteroatoms. The van der Waals surface area contributed by atoms with E-state index in [0.717, 1.165) is 18.5 Å². The van der Waals surface area contributed by atoms with Gasteiger partial charge in [0.05, 0.1) is 0 Å². The molecule has 1 atom stereocenters. The Bertz CT molecular complexity index is 380. The van der Waals surface area contributed by atoms with Gasteiger partial charge in [-0.25, -0.2) is 4.98 Å². The highest BCUT2D eigenvalue weighted by Crippen LogP contribution is 2.09. The summed E-state index contributed by atoms with van der Waals surface area (Å²) in [6, 6.07) is 3.69. The highest BCUT2D eigenvalue weighted by atomic mass is 35.5. The van der Waals surface area contributed by atoms with Gasteiger partial charge in [-0.05, 0) is 25.1 Å². The molecule has 0 spiro atoms. The number of hydrogen-bond donors (Lipinski definition) is 1. The Morgan fingerprint density at radius 2 is 2.50 bits per heavy atom. The van der Waals surface area contributed by atoms with E-state index < -0.39 is 0 Å². The lowest BCUT2D eigenvalue weighted by Gasteiger charge is -2.10.